The number of sulfonamides is 1. The van der Waals surface area contributed by atoms with Crippen molar-refractivity contribution in [3.63, 3.8) is 0 Å². The standard InChI is InChI=1S/C25H30N2O2S.C12H18.Ru/c1-16-17(2)19(4)25(20(5)18(16)3)30(28,29)27-24(22-14-10-7-11-15-22)23(26)21-12-8-6-9-13-21;1-7-8(2)10(4)12(6)11(5)9(7)3;/h6-15,23-24,27H,26H2,1-5H3;1-6H3;/t23-,24-;;/m1../s1. The Morgan fingerprint density at radius 1 is 0.488 bits per heavy atom. The van der Waals surface area contributed by atoms with Crippen LogP contribution in [0.3, 0.4) is 0 Å². The summed E-state index contributed by atoms with van der Waals surface area (Å²) in [6, 6.07) is 18.0. The summed E-state index contributed by atoms with van der Waals surface area (Å²) in [6.45, 7) is 23.0. The first-order valence-corrected chi connectivity index (χ1v) is 16.1. The smallest absolute Gasteiger partial charge is 0.241 e. The van der Waals surface area contributed by atoms with Crippen molar-refractivity contribution >= 4 is 10.0 Å². The topological polar surface area (TPSA) is 72.2 Å². The van der Waals surface area contributed by atoms with E-state index in [1.54, 1.807) is 0 Å². The van der Waals surface area contributed by atoms with Gasteiger partial charge in [-0.15, -0.1) is 0 Å². The van der Waals surface area contributed by atoms with Crippen LogP contribution in [0.2, 0.25) is 0 Å². The second kappa shape index (κ2) is 14.9. The van der Waals surface area contributed by atoms with Crippen molar-refractivity contribution in [1.29, 1.82) is 0 Å². The van der Waals surface area contributed by atoms with E-state index >= 15 is 0 Å². The molecule has 43 heavy (non-hydrogen) atoms. The molecular formula is C37H48N2O2RuS. The van der Waals surface area contributed by atoms with Gasteiger partial charge in [-0.1, -0.05) is 60.7 Å². The van der Waals surface area contributed by atoms with Gasteiger partial charge >= 0.3 is 0 Å². The summed E-state index contributed by atoms with van der Waals surface area (Å²) in [5.41, 5.74) is 21.7. The predicted octanol–water partition coefficient (Wildman–Crippen LogP) is 8.48. The molecule has 3 N–H and O–H groups in total. The summed E-state index contributed by atoms with van der Waals surface area (Å²) < 4.78 is 30.2. The fraction of sp³-hybridized carbons (Fsp3) is 0.351. The molecule has 0 aliphatic rings. The van der Waals surface area contributed by atoms with E-state index < -0.39 is 22.1 Å². The van der Waals surface area contributed by atoms with Crippen LogP contribution in [0.4, 0.5) is 0 Å². The molecule has 0 aliphatic carbocycles. The molecule has 4 rings (SSSR count). The molecule has 0 amide bonds. The van der Waals surface area contributed by atoms with E-state index in [2.05, 4.69) is 46.3 Å². The van der Waals surface area contributed by atoms with Gasteiger partial charge in [-0.2, -0.15) is 0 Å². The van der Waals surface area contributed by atoms with Gasteiger partial charge in [-0.3, -0.25) is 0 Å². The molecule has 0 spiro atoms. The molecule has 0 aromatic heterocycles. The molecule has 0 saturated carbocycles. The van der Waals surface area contributed by atoms with Gasteiger partial charge in [0.25, 0.3) is 0 Å². The average molecular weight is 686 g/mol. The maximum Gasteiger partial charge on any atom is 0.241 e. The largest absolute Gasteiger partial charge is 0.322 e. The summed E-state index contributed by atoms with van der Waals surface area (Å²) in [5.74, 6) is 0. The van der Waals surface area contributed by atoms with E-state index in [4.69, 9.17) is 5.73 Å². The van der Waals surface area contributed by atoms with Gasteiger partial charge in [0.15, 0.2) is 0 Å². The monoisotopic (exact) mass is 686 g/mol. The van der Waals surface area contributed by atoms with E-state index in [0.717, 1.165) is 38.9 Å². The number of benzene rings is 4. The first kappa shape index (κ1) is 36.6. The van der Waals surface area contributed by atoms with Crippen LogP contribution in [0.25, 0.3) is 0 Å². The van der Waals surface area contributed by atoms with Crippen LogP contribution in [-0.2, 0) is 29.5 Å². The fourth-order valence-electron chi connectivity index (χ4n) is 5.66. The molecule has 0 heterocycles. The van der Waals surface area contributed by atoms with Crippen molar-refractivity contribution in [3.8, 4) is 0 Å². The second-order valence-electron chi connectivity index (χ2n) is 11.7. The zero-order valence-electron chi connectivity index (χ0n) is 27.6. The Morgan fingerprint density at radius 2 is 0.767 bits per heavy atom. The zero-order valence-corrected chi connectivity index (χ0v) is 30.1. The van der Waals surface area contributed by atoms with E-state index in [1.165, 1.54) is 33.4 Å². The molecular weight excluding hydrogens is 638 g/mol. The van der Waals surface area contributed by atoms with Crippen molar-refractivity contribution in [1.82, 2.24) is 4.72 Å². The van der Waals surface area contributed by atoms with Gasteiger partial charge in [0.1, 0.15) is 0 Å². The third-order valence-corrected chi connectivity index (χ3v) is 11.3. The summed E-state index contributed by atoms with van der Waals surface area (Å²) in [4.78, 5) is 0.351. The van der Waals surface area contributed by atoms with E-state index in [0.29, 0.717) is 4.90 Å². The molecule has 0 unspecified atom stereocenters. The van der Waals surface area contributed by atoms with E-state index in [9.17, 15) is 8.42 Å². The Bertz CT molecular complexity index is 1550. The molecule has 0 aliphatic heterocycles. The fourth-order valence-corrected chi connectivity index (χ4v) is 7.51. The minimum atomic E-state index is -3.81. The molecule has 0 saturated heterocycles. The van der Waals surface area contributed by atoms with E-state index in [-0.39, 0.29) is 19.5 Å². The normalized spacial score (nSPS) is 12.6. The predicted molar refractivity (Wildman–Crippen MR) is 178 cm³/mol. The summed E-state index contributed by atoms with van der Waals surface area (Å²) in [7, 11) is -3.81. The molecule has 4 nitrogen and oxygen atoms in total. The van der Waals surface area contributed by atoms with Crippen molar-refractivity contribution in [2.75, 3.05) is 0 Å². The number of rotatable bonds is 6. The second-order valence-corrected chi connectivity index (χ2v) is 13.3. The van der Waals surface area contributed by atoms with Gasteiger partial charge in [-0.25, -0.2) is 13.1 Å². The Labute approximate surface area is 273 Å². The van der Waals surface area contributed by atoms with Crippen LogP contribution in [0.5, 0.6) is 0 Å². The summed E-state index contributed by atoms with van der Waals surface area (Å²) in [5, 5.41) is 0. The summed E-state index contributed by atoms with van der Waals surface area (Å²) in [6.07, 6.45) is 0. The molecule has 4 aromatic rings. The van der Waals surface area contributed by atoms with Gasteiger partial charge in [0.05, 0.1) is 17.0 Å². The SMILES string of the molecule is Cc1c(C)c(C)c(C)c(C)c1C.Cc1c(C)c(C)c(S(=O)(=O)N[C@H](c2ccccc2)[C@H](N)c2ccccc2)c(C)c1C.[Ru]. The Kier molecular flexibility index (Phi) is 12.7. The van der Waals surface area contributed by atoms with Crippen LogP contribution in [-0.4, -0.2) is 8.42 Å². The Balaban J connectivity index is 0.000000418. The van der Waals surface area contributed by atoms with Gasteiger partial charge < -0.3 is 5.73 Å². The van der Waals surface area contributed by atoms with Crippen LogP contribution in [0.1, 0.15) is 84.4 Å². The van der Waals surface area contributed by atoms with Gasteiger partial charge in [0.2, 0.25) is 10.0 Å². The minimum absolute atomic E-state index is 0. The molecule has 0 fully saturated rings. The number of hydrogen-bond donors (Lipinski definition) is 2. The zero-order chi connectivity index (χ0) is 31.5. The maximum absolute atomic E-state index is 13.6. The number of nitrogens with one attached hydrogen (secondary N) is 1. The van der Waals surface area contributed by atoms with Crippen molar-refractivity contribution in [2.24, 2.45) is 5.73 Å². The molecule has 4 aromatic carbocycles. The number of hydrogen-bond acceptors (Lipinski definition) is 3. The molecule has 2 atom stereocenters. The third kappa shape index (κ3) is 7.73. The van der Waals surface area contributed by atoms with Crippen LogP contribution in [0.15, 0.2) is 65.6 Å². The van der Waals surface area contributed by atoms with E-state index in [1.807, 2.05) is 95.3 Å². The van der Waals surface area contributed by atoms with Crippen LogP contribution >= 0.6 is 0 Å². The maximum atomic E-state index is 13.6. The first-order valence-electron chi connectivity index (χ1n) is 14.6. The molecule has 6 heteroatoms. The Hall–Kier alpha value is -2.63. The molecule has 0 radical (unpaired) electrons. The van der Waals surface area contributed by atoms with Gasteiger partial charge in [0, 0.05) is 19.5 Å². The minimum Gasteiger partial charge on any atom is -0.322 e. The summed E-state index contributed by atoms with van der Waals surface area (Å²) >= 11 is 0. The average Bonchev–Trinajstić information content (AvgIpc) is 2.99. The van der Waals surface area contributed by atoms with Crippen molar-refractivity contribution in [2.45, 2.75) is 93.1 Å². The van der Waals surface area contributed by atoms with Crippen molar-refractivity contribution in [3.05, 3.63) is 133 Å². The van der Waals surface area contributed by atoms with Crippen LogP contribution < -0.4 is 10.5 Å². The third-order valence-electron chi connectivity index (χ3n) is 9.56. The first-order chi connectivity index (χ1) is 19.6. The molecule has 232 valence electrons. The Morgan fingerprint density at radius 3 is 1.09 bits per heavy atom. The number of nitrogens with two attached hydrogens (primary N) is 1. The van der Waals surface area contributed by atoms with Crippen molar-refractivity contribution < 1.29 is 27.9 Å². The van der Waals surface area contributed by atoms with Crippen LogP contribution in [0, 0.1) is 76.2 Å². The quantitative estimate of drug-likeness (QED) is 0.200. The molecule has 0 bridgehead atoms. The van der Waals surface area contributed by atoms with Gasteiger partial charge in [-0.05, 0) is 148 Å².